The van der Waals surface area contributed by atoms with E-state index in [9.17, 15) is 9.59 Å². The molecular formula is C23H28N8O3. The van der Waals surface area contributed by atoms with Crippen molar-refractivity contribution < 1.29 is 14.3 Å². The number of ether oxygens (including phenoxy) is 1. The van der Waals surface area contributed by atoms with E-state index < -0.39 is 11.9 Å². The molecule has 2 unspecified atom stereocenters. The van der Waals surface area contributed by atoms with Gasteiger partial charge in [-0.2, -0.15) is 5.10 Å². The molecule has 0 saturated carbocycles. The van der Waals surface area contributed by atoms with E-state index >= 15 is 0 Å². The lowest BCUT2D eigenvalue weighted by molar-refractivity contribution is -0.117. The van der Waals surface area contributed by atoms with Gasteiger partial charge in [0, 0.05) is 43.9 Å². The lowest BCUT2D eigenvalue weighted by Crippen LogP contribution is -2.43. The fourth-order valence-electron chi connectivity index (χ4n) is 4.51. The number of aromatic nitrogens is 4. The van der Waals surface area contributed by atoms with Crippen LogP contribution in [0.2, 0.25) is 0 Å². The number of fused-ring (bicyclic) bond motifs is 3. The van der Waals surface area contributed by atoms with E-state index in [-0.39, 0.29) is 25.2 Å². The normalized spacial score (nSPS) is 19.4. The number of nitrogens with one attached hydrogen (secondary N) is 2. The quantitative estimate of drug-likeness (QED) is 0.485. The van der Waals surface area contributed by atoms with E-state index in [2.05, 4.69) is 20.6 Å². The average molecular weight is 465 g/mol. The van der Waals surface area contributed by atoms with Gasteiger partial charge in [-0.3, -0.25) is 4.79 Å². The molecule has 2 bridgehead atoms. The molecule has 11 nitrogen and oxygen atoms in total. The minimum atomic E-state index is -0.463. The molecule has 11 heteroatoms. The first-order valence-corrected chi connectivity index (χ1v) is 11.6. The zero-order valence-corrected chi connectivity index (χ0v) is 19.0. The van der Waals surface area contributed by atoms with Gasteiger partial charge in [0.25, 0.3) is 0 Å². The summed E-state index contributed by atoms with van der Waals surface area (Å²) >= 11 is 0. The zero-order chi connectivity index (χ0) is 23.7. The summed E-state index contributed by atoms with van der Waals surface area (Å²) in [4.78, 5) is 34.9. The van der Waals surface area contributed by atoms with Crippen molar-refractivity contribution in [2.45, 2.75) is 44.9 Å². The molecule has 0 radical (unpaired) electrons. The second-order valence-electron chi connectivity index (χ2n) is 8.61. The molecule has 2 aliphatic rings. The maximum atomic E-state index is 12.0. The molecule has 5 rings (SSSR count). The van der Waals surface area contributed by atoms with E-state index in [0.717, 1.165) is 48.3 Å². The smallest absolute Gasteiger partial charge is 0.319 e. The Bertz CT molecular complexity index is 1200. The summed E-state index contributed by atoms with van der Waals surface area (Å²) in [7, 11) is 0. The molecule has 34 heavy (non-hydrogen) atoms. The van der Waals surface area contributed by atoms with Gasteiger partial charge in [0.15, 0.2) is 11.5 Å². The van der Waals surface area contributed by atoms with Crippen LogP contribution in [0.5, 0.6) is 0 Å². The number of primary amides is 1. The maximum Gasteiger partial charge on any atom is 0.319 e. The minimum Gasteiger partial charge on any atom is -0.371 e. The molecule has 2 saturated heterocycles. The molecule has 3 aromatic rings. The van der Waals surface area contributed by atoms with E-state index in [0.29, 0.717) is 18.1 Å². The highest BCUT2D eigenvalue weighted by molar-refractivity contribution is 5.91. The molecular weight excluding hydrogens is 436 g/mol. The monoisotopic (exact) mass is 464 g/mol. The van der Waals surface area contributed by atoms with Gasteiger partial charge in [-0.25, -0.2) is 19.4 Å². The maximum absolute atomic E-state index is 12.0. The molecule has 0 aliphatic carbocycles. The van der Waals surface area contributed by atoms with Crippen molar-refractivity contribution in [2.75, 3.05) is 29.9 Å². The molecule has 1 aromatic carbocycles. The van der Waals surface area contributed by atoms with Gasteiger partial charge in [-0.1, -0.05) is 0 Å². The SMILES string of the molecule is CCn1ncc2c(N3CC4CCC(C3)O4)nc(-c3ccc(NC(=O)NCCC(N)=O)cc3)nc21. The number of hydrogen-bond acceptors (Lipinski definition) is 7. The third-order valence-corrected chi connectivity index (χ3v) is 6.18. The first-order valence-electron chi connectivity index (χ1n) is 11.6. The van der Waals surface area contributed by atoms with E-state index in [1.165, 1.54) is 0 Å². The van der Waals surface area contributed by atoms with Gasteiger partial charge in [0.05, 0.1) is 23.8 Å². The number of carbonyl (C=O) groups is 2. The summed E-state index contributed by atoms with van der Waals surface area (Å²) in [5.41, 5.74) is 7.34. The van der Waals surface area contributed by atoms with Crippen LogP contribution in [0.15, 0.2) is 30.5 Å². The van der Waals surface area contributed by atoms with Crippen molar-refractivity contribution in [3.8, 4) is 11.4 Å². The highest BCUT2D eigenvalue weighted by Gasteiger charge is 2.35. The number of carbonyl (C=O) groups excluding carboxylic acids is 2. The van der Waals surface area contributed by atoms with Crippen molar-refractivity contribution in [3.05, 3.63) is 30.5 Å². The van der Waals surface area contributed by atoms with Crippen LogP contribution in [0.25, 0.3) is 22.4 Å². The van der Waals surface area contributed by atoms with Crippen LogP contribution in [0.1, 0.15) is 26.2 Å². The molecule has 3 amide bonds. The van der Waals surface area contributed by atoms with Gasteiger partial charge in [0.2, 0.25) is 5.91 Å². The number of nitrogens with zero attached hydrogens (tertiary/aromatic N) is 5. The number of anilines is 2. The second kappa shape index (κ2) is 9.26. The van der Waals surface area contributed by atoms with Crippen LogP contribution in [-0.2, 0) is 16.1 Å². The zero-order valence-electron chi connectivity index (χ0n) is 19.0. The van der Waals surface area contributed by atoms with Gasteiger partial charge in [0.1, 0.15) is 5.82 Å². The number of amides is 3. The second-order valence-corrected chi connectivity index (χ2v) is 8.61. The summed E-state index contributed by atoms with van der Waals surface area (Å²) in [6.45, 7) is 4.56. The largest absolute Gasteiger partial charge is 0.371 e. The Labute approximate surface area is 196 Å². The fraction of sp³-hybridized carbons (Fsp3) is 0.435. The number of urea groups is 1. The highest BCUT2D eigenvalue weighted by Crippen LogP contribution is 2.33. The number of rotatable bonds is 7. The van der Waals surface area contributed by atoms with E-state index in [1.54, 1.807) is 12.1 Å². The van der Waals surface area contributed by atoms with Crippen LogP contribution >= 0.6 is 0 Å². The first kappa shape index (κ1) is 22.1. The average Bonchev–Trinajstić information content (AvgIpc) is 3.40. The van der Waals surface area contributed by atoms with Gasteiger partial charge < -0.3 is 26.0 Å². The summed E-state index contributed by atoms with van der Waals surface area (Å²) < 4.78 is 7.90. The number of aryl methyl sites for hydroxylation is 1. The fourth-order valence-corrected chi connectivity index (χ4v) is 4.51. The van der Waals surface area contributed by atoms with Crippen molar-refractivity contribution in [3.63, 3.8) is 0 Å². The molecule has 178 valence electrons. The molecule has 2 fully saturated rings. The Morgan fingerprint density at radius 3 is 2.56 bits per heavy atom. The lowest BCUT2D eigenvalue weighted by atomic mass is 10.2. The summed E-state index contributed by atoms with van der Waals surface area (Å²) in [6.07, 6.45) is 4.59. The highest BCUT2D eigenvalue weighted by atomic mass is 16.5. The third kappa shape index (κ3) is 4.51. The van der Waals surface area contributed by atoms with Crippen molar-refractivity contribution in [2.24, 2.45) is 5.73 Å². The minimum absolute atomic E-state index is 0.0908. The molecule has 0 spiro atoms. The van der Waals surface area contributed by atoms with Crippen molar-refractivity contribution in [1.29, 1.82) is 0 Å². The number of morpholine rings is 1. The summed E-state index contributed by atoms with van der Waals surface area (Å²) in [6, 6.07) is 6.94. The van der Waals surface area contributed by atoms with Gasteiger partial charge in [-0.05, 0) is 44.0 Å². The molecule has 2 aromatic heterocycles. The molecule has 2 atom stereocenters. The lowest BCUT2D eigenvalue weighted by Gasteiger charge is -2.33. The summed E-state index contributed by atoms with van der Waals surface area (Å²) in [5, 5.41) is 10.8. The van der Waals surface area contributed by atoms with Crippen LogP contribution in [0.3, 0.4) is 0 Å². The van der Waals surface area contributed by atoms with E-state index in [4.69, 9.17) is 20.4 Å². The summed E-state index contributed by atoms with van der Waals surface area (Å²) in [5.74, 6) is 1.03. The Balaban J connectivity index is 1.40. The standard InChI is InChI=1S/C23H28N8O3/c1-2-31-22-18(11-26-31)21(30-12-16-7-8-17(13-30)34-16)28-20(29-22)14-3-5-15(6-4-14)27-23(33)25-10-9-19(24)32/h3-6,11,16-17H,2,7-10,12-13H2,1H3,(H2,24,32)(H2,25,27,33). The van der Waals surface area contributed by atoms with Crippen molar-refractivity contribution >= 4 is 34.5 Å². The number of benzene rings is 1. The van der Waals surface area contributed by atoms with Crippen LogP contribution in [0.4, 0.5) is 16.3 Å². The predicted octanol–water partition coefficient (Wildman–Crippen LogP) is 1.88. The Kier molecular flexibility index (Phi) is 6.01. The Morgan fingerprint density at radius 2 is 1.88 bits per heavy atom. The first-order chi connectivity index (χ1) is 16.5. The third-order valence-electron chi connectivity index (χ3n) is 6.18. The topological polar surface area (TPSA) is 140 Å². The van der Waals surface area contributed by atoms with Crippen molar-refractivity contribution in [1.82, 2.24) is 25.1 Å². The Hall–Kier alpha value is -3.73. The molecule has 2 aliphatic heterocycles. The van der Waals surface area contributed by atoms with Crippen LogP contribution in [0, 0.1) is 0 Å². The molecule has 4 heterocycles. The Morgan fingerprint density at radius 1 is 1.15 bits per heavy atom. The number of hydrogen-bond donors (Lipinski definition) is 3. The van der Waals surface area contributed by atoms with Gasteiger partial charge >= 0.3 is 6.03 Å². The predicted molar refractivity (Wildman–Crippen MR) is 127 cm³/mol. The van der Waals surface area contributed by atoms with Crippen LogP contribution < -0.4 is 21.3 Å². The number of nitrogens with two attached hydrogens (primary N) is 1. The van der Waals surface area contributed by atoms with Crippen LogP contribution in [-0.4, -0.2) is 63.5 Å². The van der Waals surface area contributed by atoms with E-state index in [1.807, 2.05) is 29.9 Å². The van der Waals surface area contributed by atoms with Gasteiger partial charge in [-0.15, -0.1) is 0 Å². The molecule has 4 N–H and O–H groups in total.